The number of amides is 2. The summed E-state index contributed by atoms with van der Waals surface area (Å²) in [6, 6.07) is -1.08. The van der Waals surface area contributed by atoms with Crippen molar-refractivity contribution in [2.75, 3.05) is 65.8 Å². The molecule has 47 heavy (non-hydrogen) atoms. The molecule has 0 radical (unpaired) electrons. The van der Waals surface area contributed by atoms with E-state index in [9.17, 15) is 28.8 Å². The van der Waals surface area contributed by atoms with Crippen LogP contribution in [0.1, 0.15) is 61.3 Å². The third-order valence-electron chi connectivity index (χ3n) is 6.43. The van der Waals surface area contributed by atoms with E-state index < -0.39 is 60.4 Å². The Kier molecular flexibility index (Phi) is 23.8. The lowest BCUT2D eigenvalue weighted by Gasteiger charge is -2.44. The highest BCUT2D eigenvalue weighted by Crippen LogP contribution is 2.28. The second-order valence-electron chi connectivity index (χ2n) is 10.2. The Labute approximate surface area is 276 Å². The van der Waals surface area contributed by atoms with Gasteiger partial charge in [-0.3, -0.25) is 28.8 Å². The highest BCUT2D eigenvalue weighted by atomic mass is 16.7. The van der Waals surface area contributed by atoms with Gasteiger partial charge in [-0.2, -0.15) is 0 Å². The van der Waals surface area contributed by atoms with Crippen molar-refractivity contribution >= 4 is 35.7 Å². The van der Waals surface area contributed by atoms with Gasteiger partial charge in [-0.15, -0.1) is 0 Å². The molecule has 0 unspecified atom stereocenters. The predicted molar refractivity (Wildman–Crippen MR) is 165 cm³/mol. The van der Waals surface area contributed by atoms with E-state index in [1.165, 1.54) is 33.5 Å². The number of esters is 3. The van der Waals surface area contributed by atoms with Gasteiger partial charge < -0.3 is 53.8 Å². The molecule has 0 aromatic rings. The summed E-state index contributed by atoms with van der Waals surface area (Å²) >= 11 is 0. The van der Waals surface area contributed by atoms with Gasteiger partial charge in [0.15, 0.2) is 18.5 Å². The summed E-state index contributed by atoms with van der Waals surface area (Å²) in [6.07, 6.45) is -5.06. The van der Waals surface area contributed by atoms with Crippen molar-refractivity contribution < 1.29 is 67.0 Å². The lowest BCUT2D eigenvalue weighted by Crippen LogP contribution is -2.66. The van der Waals surface area contributed by atoms with Crippen LogP contribution in [0, 0.1) is 0 Å². The number of carbonyl (C=O) groups excluding carboxylic acids is 5. The van der Waals surface area contributed by atoms with Crippen LogP contribution in [-0.2, 0) is 61.9 Å². The first-order chi connectivity index (χ1) is 22.2. The van der Waals surface area contributed by atoms with Crippen LogP contribution in [0.5, 0.6) is 0 Å². The first-order valence-corrected chi connectivity index (χ1v) is 15.6. The van der Waals surface area contributed by atoms with Gasteiger partial charge in [-0.1, -0.05) is 20.8 Å². The van der Waals surface area contributed by atoms with Gasteiger partial charge in [0.2, 0.25) is 11.8 Å². The highest BCUT2D eigenvalue weighted by Gasteiger charge is 2.51. The second kappa shape index (κ2) is 25.7. The van der Waals surface area contributed by atoms with Crippen molar-refractivity contribution in [3.63, 3.8) is 0 Å². The molecule has 0 bridgehead atoms. The quantitative estimate of drug-likeness (QED) is 0.0828. The minimum atomic E-state index is -1.22. The molecule has 17 heteroatoms. The monoisotopic (exact) mass is 679 g/mol. The van der Waals surface area contributed by atoms with Crippen molar-refractivity contribution in [3.8, 4) is 0 Å². The average molecular weight is 680 g/mol. The largest absolute Gasteiger partial charge is 0.481 e. The smallest absolute Gasteiger partial charge is 0.303 e. The number of hydrogen-bond acceptors (Lipinski definition) is 14. The first-order valence-electron chi connectivity index (χ1n) is 15.6. The van der Waals surface area contributed by atoms with Crippen molar-refractivity contribution in [2.24, 2.45) is 0 Å². The van der Waals surface area contributed by atoms with E-state index in [2.05, 4.69) is 36.3 Å². The van der Waals surface area contributed by atoms with Crippen molar-refractivity contribution in [3.05, 3.63) is 0 Å². The van der Waals surface area contributed by atoms with Gasteiger partial charge in [0, 0.05) is 40.7 Å². The fourth-order valence-corrected chi connectivity index (χ4v) is 4.22. The third kappa shape index (κ3) is 21.2. The molecule has 0 aromatic heterocycles. The van der Waals surface area contributed by atoms with Crippen LogP contribution in [0.4, 0.5) is 0 Å². The molecule has 0 saturated carbocycles. The molecule has 0 aromatic carbocycles. The number of nitrogens with one attached hydrogen (secondary N) is 2. The van der Waals surface area contributed by atoms with Crippen LogP contribution in [0.25, 0.3) is 0 Å². The maximum atomic E-state index is 11.9. The number of aliphatic carboxylic acids is 1. The number of ether oxygens (including phenoxy) is 7. The Balaban J connectivity index is 0.00000270. The molecule has 1 aliphatic rings. The van der Waals surface area contributed by atoms with E-state index in [1.54, 1.807) is 0 Å². The minimum Gasteiger partial charge on any atom is -0.481 e. The topological polar surface area (TPSA) is 215 Å². The normalized spacial score (nSPS) is 20.3. The van der Waals surface area contributed by atoms with Gasteiger partial charge in [-0.25, -0.2) is 0 Å². The molecule has 3 N–H and O–H groups in total. The number of hydrogen-bond donors (Lipinski definition) is 3. The maximum Gasteiger partial charge on any atom is 0.303 e. The maximum absolute atomic E-state index is 11.9. The molecular formula is C30H53N3O14. The lowest BCUT2D eigenvalue weighted by atomic mass is 9.96. The summed E-state index contributed by atoms with van der Waals surface area (Å²) in [4.78, 5) is 71.1. The van der Waals surface area contributed by atoms with Crippen molar-refractivity contribution in [1.82, 2.24) is 15.5 Å². The van der Waals surface area contributed by atoms with Crippen molar-refractivity contribution in [2.45, 2.75) is 92.0 Å². The number of carboxylic acid groups (broad SMARTS) is 1. The van der Waals surface area contributed by atoms with E-state index in [0.29, 0.717) is 0 Å². The summed E-state index contributed by atoms with van der Waals surface area (Å²) in [5, 5.41) is 13.7. The number of nitrogens with zero attached hydrogens (tertiary/aromatic N) is 1. The zero-order valence-electron chi connectivity index (χ0n) is 28.6. The molecule has 1 saturated heterocycles. The second-order valence-corrected chi connectivity index (χ2v) is 10.2. The fraction of sp³-hybridized carbons (Fsp3) is 0.800. The molecule has 0 spiro atoms. The van der Waals surface area contributed by atoms with Gasteiger partial charge in [0.05, 0.1) is 39.5 Å². The van der Waals surface area contributed by atoms with E-state index in [0.717, 1.165) is 13.8 Å². The van der Waals surface area contributed by atoms with Gasteiger partial charge in [0.1, 0.15) is 18.8 Å². The summed E-state index contributed by atoms with van der Waals surface area (Å²) in [7, 11) is 0. The molecule has 1 rings (SSSR count). The minimum absolute atomic E-state index is 0.0221. The molecule has 0 aliphatic carbocycles. The SMILES string of the molecule is CC(=O)N[C@H]1[C@H](OCCOCCOCCNC(=O)CCC(=O)O)O[C@H](COC(C)=O)[C@H](OC(C)=O)[C@@H]1OC(C)=O.CCN(CC)CC. The number of carbonyl (C=O) groups is 6. The molecule has 1 heterocycles. The Morgan fingerprint density at radius 3 is 1.79 bits per heavy atom. The zero-order chi connectivity index (χ0) is 35.8. The number of carboxylic acids is 1. The van der Waals surface area contributed by atoms with Gasteiger partial charge >= 0.3 is 23.9 Å². The molecule has 5 atom stereocenters. The summed E-state index contributed by atoms with van der Waals surface area (Å²) in [6.45, 7) is 15.4. The van der Waals surface area contributed by atoms with Crippen LogP contribution in [0.2, 0.25) is 0 Å². The molecule has 1 fully saturated rings. The van der Waals surface area contributed by atoms with Crippen LogP contribution >= 0.6 is 0 Å². The molecule has 17 nitrogen and oxygen atoms in total. The standard InChI is InChI=1S/C24H38N2O14.C6H15N/c1-14(27)26-21-23(39-17(4)30)22(38-16(3)29)18(13-37-15(2)28)40-24(21)36-12-11-35-10-9-34-8-7-25-19(31)5-6-20(32)33;1-4-7(5-2)6-3/h18,21-24H,5-13H2,1-4H3,(H,25,31)(H,26,27)(H,32,33);4-6H2,1-3H3/t18-,21-,22+,23-,24-;/m1./s1. The Bertz CT molecular complexity index is 957. The van der Waals surface area contributed by atoms with Crippen LogP contribution < -0.4 is 10.6 Å². The van der Waals surface area contributed by atoms with E-state index in [-0.39, 0.29) is 64.9 Å². The molecular weight excluding hydrogens is 626 g/mol. The van der Waals surface area contributed by atoms with Gasteiger partial charge in [0.25, 0.3) is 0 Å². The Morgan fingerprint density at radius 2 is 1.30 bits per heavy atom. The van der Waals surface area contributed by atoms with E-state index >= 15 is 0 Å². The highest BCUT2D eigenvalue weighted by molar-refractivity contribution is 5.80. The van der Waals surface area contributed by atoms with Gasteiger partial charge in [-0.05, 0) is 19.6 Å². The summed E-state index contributed by atoms with van der Waals surface area (Å²) < 4.78 is 38.1. The number of rotatable bonds is 21. The lowest BCUT2D eigenvalue weighted by molar-refractivity contribution is -0.279. The van der Waals surface area contributed by atoms with Crippen LogP contribution in [0.15, 0.2) is 0 Å². The Morgan fingerprint density at radius 1 is 0.745 bits per heavy atom. The van der Waals surface area contributed by atoms with E-state index in [1.807, 2.05) is 0 Å². The zero-order valence-corrected chi connectivity index (χ0v) is 28.6. The first kappa shape index (κ1) is 43.6. The fourth-order valence-electron chi connectivity index (χ4n) is 4.22. The van der Waals surface area contributed by atoms with Crippen LogP contribution in [-0.4, -0.2) is 142 Å². The van der Waals surface area contributed by atoms with Crippen LogP contribution in [0.3, 0.4) is 0 Å². The average Bonchev–Trinajstić information content (AvgIpc) is 2.99. The predicted octanol–water partition coefficient (Wildman–Crippen LogP) is 0.0214. The Hall–Kier alpha value is -3.38. The molecule has 272 valence electrons. The summed E-state index contributed by atoms with van der Waals surface area (Å²) in [5.74, 6) is -3.97. The summed E-state index contributed by atoms with van der Waals surface area (Å²) in [5.41, 5.74) is 0. The third-order valence-corrected chi connectivity index (χ3v) is 6.43. The molecule has 2 amide bonds. The van der Waals surface area contributed by atoms with E-state index in [4.69, 9.17) is 38.3 Å². The molecule has 1 aliphatic heterocycles. The van der Waals surface area contributed by atoms with Crippen molar-refractivity contribution in [1.29, 1.82) is 0 Å².